The third kappa shape index (κ3) is 6.20. The van der Waals surface area contributed by atoms with E-state index in [1.165, 1.54) is 24.4 Å². The summed E-state index contributed by atoms with van der Waals surface area (Å²) in [5.41, 5.74) is 7.80. The molecule has 0 saturated carbocycles. The van der Waals surface area contributed by atoms with Gasteiger partial charge in [0.1, 0.15) is 6.07 Å². The van der Waals surface area contributed by atoms with Gasteiger partial charge in [0.25, 0.3) is 0 Å². The lowest BCUT2D eigenvalue weighted by molar-refractivity contribution is 0.329. The van der Waals surface area contributed by atoms with Crippen molar-refractivity contribution >= 4 is 23.1 Å². The summed E-state index contributed by atoms with van der Waals surface area (Å²) in [7, 11) is 1.53. The van der Waals surface area contributed by atoms with Crippen molar-refractivity contribution in [1.82, 2.24) is 0 Å². The first kappa shape index (κ1) is 18.4. The summed E-state index contributed by atoms with van der Waals surface area (Å²) in [5, 5.41) is 16.9. The fourth-order valence-electron chi connectivity index (χ4n) is 1.91. The quantitative estimate of drug-likeness (QED) is 0.468. The van der Waals surface area contributed by atoms with Gasteiger partial charge in [0.05, 0.1) is 13.3 Å². The maximum Gasteiger partial charge on any atom is 0.180 e. The number of methoxy groups -OCH3 is 1. The first-order valence-electron chi connectivity index (χ1n) is 7.44. The van der Waals surface area contributed by atoms with E-state index in [9.17, 15) is 0 Å². The molecule has 0 saturated heterocycles. The van der Waals surface area contributed by atoms with Crippen LogP contribution in [0.2, 0.25) is 0 Å². The molecule has 0 radical (unpaired) electrons. The Balaban J connectivity index is 1.95. The van der Waals surface area contributed by atoms with Crippen molar-refractivity contribution in [3.05, 3.63) is 59.7 Å². The van der Waals surface area contributed by atoms with Gasteiger partial charge in [-0.2, -0.15) is 10.4 Å². The van der Waals surface area contributed by atoms with Crippen LogP contribution in [0.5, 0.6) is 11.5 Å². The number of rotatable bonds is 7. The van der Waals surface area contributed by atoms with Crippen molar-refractivity contribution in [2.45, 2.75) is 5.75 Å². The van der Waals surface area contributed by atoms with Crippen LogP contribution in [0.4, 0.5) is 0 Å². The second-order valence-corrected chi connectivity index (χ2v) is 5.81. The van der Waals surface area contributed by atoms with Crippen LogP contribution in [0.3, 0.4) is 0 Å². The van der Waals surface area contributed by atoms with Gasteiger partial charge in [-0.1, -0.05) is 42.1 Å². The van der Waals surface area contributed by atoms with E-state index in [1.54, 1.807) is 24.4 Å². The number of hydrogen-bond donors (Lipinski definition) is 1. The van der Waals surface area contributed by atoms with Crippen molar-refractivity contribution in [2.75, 3.05) is 13.7 Å². The molecule has 2 rings (SSSR count). The Bertz CT molecular complexity index is 785. The molecule has 0 fully saturated rings. The van der Waals surface area contributed by atoms with E-state index in [0.29, 0.717) is 16.7 Å². The zero-order chi connectivity index (χ0) is 17.9. The second-order valence-electron chi connectivity index (χ2n) is 4.81. The number of ether oxygens (including phenoxy) is 2. The molecule has 0 aliphatic rings. The number of hydrogen-bond acceptors (Lipinski definition) is 6. The molecule has 0 unspecified atom stereocenters. The smallest absolute Gasteiger partial charge is 0.180 e. The van der Waals surface area contributed by atoms with Gasteiger partial charge in [0.2, 0.25) is 0 Å². The second kappa shape index (κ2) is 10.0. The molecule has 0 atom stereocenters. The number of amidine groups is 1. The molecule has 2 N–H and O–H groups in total. The molecular formula is C18H18N4O2S. The zero-order valence-corrected chi connectivity index (χ0v) is 14.6. The highest BCUT2D eigenvalue weighted by molar-refractivity contribution is 8.13. The van der Waals surface area contributed by atoms with Crippen LogP contribution in [0, 0.1) is 11.3 Å². The lowest BCUT2D eigenvalue weighted by Gasteiger charge is -2.08. The van der Waals surface area contributed by atoms with E-state index in [2.05, 4.69) is 10.2 Å². The molecule has 0 aliphatic heterocycles. The lowest BCUT2D eigenvalue weighted by Crippen LogP contribution is -2.06. The van der Waals surface area contributed by atoms with Crippen molar-refractivity contribution in [3.63, 3.8) is 0 Å². The number of benzene rings is 2. The van der Waals surface area contributed by atoms with E-state index in [0.717, 1.165) is 11.3 Å². The van der Waals surface area contributed by atoms with Crippen molar-refractivity contribution in [3.8, 4) is 17.6 Å². The van der Waals surface area contributed by atoms with Crippen molar-refractivity contribution in [1.29, 1.82) is 5.26 Å². The van der Waals surface area contributed by atoms with E-state index < -0.39 is 0 Å². The lowest BCUT2D eigenvalue weighted by atomic mass is 10.2. The van der Waals surface area contributed by atoms with Crippen LogP contribution < -0.4 is 15.2 Å². The van der Waals surface area contributed by atoms with Gasteiger partial charge in [-0.05, 0) is 29.3 Å². The molecular weight excluding hydrogens is 336 g/mol. The SMILES string of the molecule is COc1cc(C=NN=C(N)SCc2ccccc2)ccc1OCC#N. The number of nitrogens with two attached hydrogens (primary N) is 1. The van der Waals surface area contributed by atoms with Crippen LogP contribution in [-0.4, -0.2) is 25.1 Å². The monoisotopic (exact) mass is 354 g/mol. The van der Waals surface area contributed by atoms with Gasteiger partial charge in [0.15, 0.2) is 23.3 Å². The Morgan fingerprint density at radius 3 is 2.76 bits per heavy atom. The standard InChI is InChI=1S/C18H18N4O2S/c1-23-17-11-15(7-8-16(17)24-10-9-19)12-21-22-18(20)25-13-14-5-3-2-4-6-14/h2-8,11-12H,10,13H2,1H3,(H2,20,22). The molecule has 0 aliphatic carbocycles. The summed E-state index contributed by atoms with van der Waals surface area (Å²) in [6.45, 7) is -0.0384. The highest BCUT2D eigenvalue weighted by Gasteiger charge is 2.04. The molecule has 0 aromatic heterocycles. The minimum absolute atomic E-state index is 0.0384. The fourth-order valence-corrected chi connectivity index (χ4v) is 2.52. The Kier molecular flexibility index (Phi) is 7.35. The minimum Gasteiger partial charge on any atom is -0.493 e. The van der Waals surface area contributed by atoms with E-state index >= 15 is 0 Å². The number of nitrogens with zero attached hydrogens (tertiary/aromatic N) is 3. The predicted molar refractivity (Wildman–Crippen MR) is 101 cm³/mol. The minimum atomic E-state index is -0.0384. The van der Waals surface area contributed by atoms with Gasteiger partial charge in [0, 0.05) is 5.75 Å². The summed E-state index contributed by atoms with van der Waals surface area (Å²) < 4.78 is 10.5. The topological polar surface area (TPSA) is 93.0 Å². The first-order valence-corrected chi connectivity index (χ1v) is 8.42. The molecule has 0 spiro atoms. The molecule has 7 heteroatoms. The van der Waals surface area contributed by atoms with Crippen LogP contribution in [0.1, 0.15) is 11.1 Å². The highest BCUT2D eigenvalue weighted by Crippen LogP contribution is 2.27. The van der Waals surface area contributed by atoms with E-state index in [1.807, 2.05) is 36.4 Å². The summed E-state index contributed by atoms with van der Waals surface area (Å²) in [6.07, 6.45) is 1.58. The molecule has 0 heterocycles. The number of nitriles is 1. The maximum absolute atomic E-state index is 8.56. The largest absolute Gasteiger partial charge is 0.493 e. The van der Waals surface area contributed by atoms with Crippen molar-refractivity contribution < 1.29 is 9.47 Å². The Morgan fingerprint density at radius 2 is 2.04 bits per heavy atom. The maximum atomic E-state index is 8.56. The van der Waals surface area contributed by atoms with Crippen LogP contribution in [0.15, 0.2) is 58.7 Å². The molecule has 2 aromatic carbocycles. The van der Waals surface area contributed by atoms with Crippen LogP contribution >= 0.6 is 11.8 Å². The normalized spacial score (nSPS) is 11.3. The summed E-state index contributed by atoms with van der Waals surface area (Å²) >= 11 is 1.42. The molecule has 25 heavy (non-hydrogen) atoms. The summed E-state index contributed by atoms with van der Waals surface area (Å²) in [4.78, 5) is 0. The zero-order valence-electron chi connectivity index (χ0n) is 13.8. The molecule has 2 aromatic rings. The predicted octanol–water partition coefficient (Wildman–Crippen LogP) is 3.18. The first-order chi connectivity index (χ1) is 12.2. The average molecular weight is 354 g/mol. The Morgan fingerprint density at radius 1 is 1.24 bits per heavy atom. The molecule has 6 nitrogen and oxygen atoms in total. The fraction of sp³-hybridized carbons (Fsp3) is 0.167. The van der Waals surface area contributed by atoms with Gasteiger partial charge < -0.3 is 15.2 Å². The molecule has 0 amide bonds. The third-order valence-corrected chi connectivity index (χ3v) is 3.93. The summed E-state index contributed by atoms with van der Waals surface area (Å²) in [6, 6.07) is 17.2. The summed E-state index contributed by atoms with van der Waals surface area (Å²) in [5.74, 6) is 1.77. The van der Waals surface area contributed by atoms with E-state index in [4.69, 9.17) is 20.5 Å². The Labute approximate surface area is 151 Å². The highest BCUT2D eigenvalue weighted by atomic mass is 32.2. The third-order valence-electron chi connectivity index (χ3n) is 3.07. The molecule has 0 bridgehead atoms. The van der Waals surface area contributed by atoms with Crippen LogP contribution in [0.25, 0.3) is 0 Å². The van der Waals surface area contributed by atoms with Crippen molar-refractivity contribution in [2.24, 2.45) is 15.9 Å². The van der Waals surface area contributed by atoms with Gasteiger partial charge in [-0.25, -0.2) is 0 Å². The van der Waals surface area contributed by atoms with Crippen LogP contribution in [-0.2, 0) is 5.75 Å². The number of thioether (sulfide) groups is 1. The average Bonchev–Trinajstić information content (AvgIpc) is 2.66. The van der Waals surface area contributed by atoms with E-state index in [-0.39, 0.29) is 6.61 Å². The molecule has 128 valence electrons. The Hall–Kier alpha value is -2.98. The van der Waals surface area contributed by atoms with Gasteiger partial charge >= 0.3 is 0 Å². The van der Waals surface area contributed by atoms with Gasteiger partial charge in [-0.15, -0.1) is 5.10 Å². The van der Waals surface area contributed by atoms with Gasteiger partial charge in [-0.3, -0.25) is 0 Å².